The molecule has 5 heteroatoms. The molecule has 0 bridgehead atoms. The van der Waals surface area contributed by atoms with Gasteiger partial charge in [-0.1, -0.05) is 31.9 Å². The lowest BCUT2D eigenvalue weighted by Crippen LogP contribution is -2.56. The molecule has 1 rings (SSSR count). The van der Waals surface area contributed by atoms with Crippen molar-refractivity contribution in [3.05, 3.63) is 24.0 Å². The van der Waals surface area contributed by atoms with Crippen molar-refractivity contribution in [1.82, 2.24) is 5.32 Å². The van der Waals surface area contributed by atoms with Gasteiger partial charge in [-0.05, 0) is 25.3 Å². The molecule has 0 aromatic heterocycles. The number of carbonyl (C=O) groups is 2. The molecule has 0 aromatic carbocycles. The van der Waals surface area contributed by atoms with Crippen LogP contribution in [0.5, 0.6) is 0 Å². The number of aliphatic carboxylic acids is 1. The van der Waals surface area contributed by atoms with E-state index in [2.05, 4.69) is 11.9 Å². The van der Waals surface area contributed by atoms with Gasteiger partial charge in [-0.25, -0.2) is 4.79 Å². The van der Waals surface area contributed by atoms with Gasteiger partial charge in [-0.3, -0.25) is 4.79 Å². The minimum absolute atomic E-state index is 0.323. The van der Waals surface area contributed by atoms with Crippen LogP contribution in [0.15, 0.2) is 24.0 Å². The monoisotopic (exact) mass is 253 g/mol. The number of nitrogens with one attached hydrogen (secondary N) is 1. The maximum atomic E-state index is 11.8. The van der Waals surface area contributed by atoms with E-state index in [-0.39, 0.29) is 0 Å². The number of aliphatic hydroxyl groups is 1. The highest BCUT2D eigenvalue weighted by Gasteiger charge is 2.41. The average Bonchev–Trinajstić information content (AvgIpc) is 2.37. The highest BCUT2D eigenvalue weighted by Crippen LogP contribution is 2.28. The zero-order valence-electron chi connectivity index (χ0n) is 10.5. The van der Waals surface area contributed by atoms with Crippen molar-refractivity contribution in [2.45, 2.75) is 44.6 Å². The van der Waals surface area contributed by atoms with Crippen LogP contribution in [0, 0.1) is 0 Å². The first-order valence-electron chi connectivity index (χ1n) is 6.01. The third kappa shape index (κ3) is 2.91. The van der Waals surface area contributed by atoms with E-state index >= 15 is 0 Å². The predicted molar refractivity (Wildman–Crippen MR) is 67.1 cm³/mol. The fourth-order valence-corrected chi connectivity index (χ4v) is 2.10. The van der Waals surface area contributed by atoms with Gasteiger partial charge < -0.3 is 15.5 Å². The molecule has 0 saturated heterocycles. The van der Waals surface area contributed by atoms with E-state index in [4.69, 9.17) is 0 Å². The molecule has 1 aliphatic carbocycles. The molecule has 0 spiro atoms. The van der Waals surface area contributed by atoms with Gasteiger partial charge >= 0.3 is 5.97 Å². The first-order chi connectivity index (χ1) is 8.43. The van der Waals surface area contributed by atoms with Crippen LogP contribution in [-0.2, 0) is 9.59 Å². The van der Waals surface area contributed by atoms with Crippen LogP contribution in [0.3, 0.4) is 0 Å². The first-order valence-corrected chi connectivity index (χ1v) is 6.01. The lowest BCUT2D eigenvalue weighted by Gasteiger charge is -2.33. The fraction of sp³-hybridized carbons (Fsp3) is 0.538. The Morgan fingerprint density at radius 2 is 1.78 bits per heavy atom. The van der Waals surface area contributed by atoms with Crippen molar-refractivity contribution in [2.75, 3.05) is 0 Å². The Bertz CT molecular complexity index is 392. The molecule has 0 heterocycles. The molecule has 0 unspecified atom stereocenters. The molecule has 5 nitrogen and oxygen atoms in total. The molecule has 1 saturated carbocycles. The zero-order valence-corrected chi connectivity index (χ0v) is 10.5. The van der Waals surface area contributed by atoms with Crippen molar-refractivity contribution in [2.24, 2.45) is 0 Å². The van der Waals surface area contributed by atoms with E-state index in [0.717, 1.165) is 19.3 Å². The minimum atomic E-state index is -1.25. The van der Waals surface area contributed by atoms with E-state index < -0.39 is 23.2 Å². The summed E-state index contributed by atoms with van der Waals surface area (Å²) >= 11 is 0. The summed E-state index contributed by atoms with van der Waals surface area (Å²) < 4.78 is 0. The summed E-state index contributed by atoms with van der Waals surface area (Å²) in [6.45, 7) is 4.99. The molecule has 1 amide bonds. The second-order valence-corrected chi connectivity index (χ2v) is 4.64. The van der Waals surface area contributed by atoms with Crippen LogP contribution >= 0.6 is 0 Å². The molecule has 0 atom stereocenters. The Labute approximate surface area is 106 Å². The standard InChI is InChI=1S/C13H19NO4/c1-3-9(2)10(15)11(16)14-13(12(17)18)7-5-4-6-8-13/h3,15H,1,4-8H2,2H3,(H,14,16)(H,17,18)/b10-9-. The largest absolute Gasteiger partial charge is 0.503 e. The highest BCUT2D eigenvalue weighted by atomic mass is 16.4. The Balaban J connectivity index is 2.89. The number of allylic oxidation sites excluding steroid dienone is 2. The SMILES string of the molecule is C=C/C(C)=C(\O)C(=O)NC1(C(=O)O)CCCCC1. The lowest BCUT2D eigenvalue weighted by molar-refractivity contribution is -0.149. The summed E-state index contributed by atoms with van der Waals surface area (Å²) in [5.74, 6) is -2.27. The number of carboxylic acids is 1. The number of carbonyl (C=O) groups excluding carboxylic acids is 1. The van der Waals surface area contributed by atoms with Crippen LogP contribution in [0.1, 0.15) is 39.0 Å². The van der Waals surface area contributed by atoms with E-state index in [1.165, 1.54) is 13.0 Å². The van der Waals surface area contributed by atoms with E-state index in [0.29, 0.717) is 18.4 Å². The molecule has 0 radical (unpaired) electrons. The molecular formula is C13H19NO4. The third-order valence-corrected chi connectivity index (χ3v) is 3.36. The molecular weight excluding hydrogens is 234 g/mol. The van der Waals surface area contributed by atoms with Gasteiger partial charge in [-0.15, -0.1) is 0 Å². The van der Waals surface area contributed by atoms with E-state index in [9.17, 15) is 19.8 Å². The minimum Gasteiger partial charge on any atom is -0.503 e. The Morgan fingerprint density at radius 3 is 2.22 bits per heavy atom. The average molecular weight is 253 g/mol. The lowest BCUT2D eigenvalue weighted by atomic mass is 9.81. The molecule has 1 aliphatic rings. The van der Waals surface area contributed by atoms with E-state index in [1.807, 2.05) is 0 Å². The zero-order chi connectivity index (χ0) is 13.8. The van der Waals surface area contributed by atoms with Crippen molar-refractivity contribution in [1.29, 1.82) is 0 Å². The van der Waals surface area contributed by atoms with Crippen molar-refractivity contribution >= 4 is 11.9 Å². The third-order valence-electron chi connectivity index (χ3n) is 3.36. The predicted octanol–water partition coefficient (Wildman–Crippen LogP) is 1.91. The smallest absolute Gasteiger partial charge is 0.329 e. The molecule has 0 aromatic rings. The van der Waals surface area contributed by atoms with Crippen LogP contribution in [0.25, 0.3) is 0 Å². The summed E-state index contributed by atoms with van der Waals surface area (Å²) in [6, 6.07) is 0. The van der Waals surface area contributed by atoms with E-state index in [1.54, 1.807) is 0 Å². The topological polar surface area (TPSA) is 86.6 Å². The molecule has 3 N–H and O–H groups in total. The number of aliphatic hydroxyl groups excluding tert-OH is 1. The summed E-state index contributed by atoms with van der Waals surface area (Å²) in [6.07, 6.45) is 4.64. The Hall–Kier alpha value is -1.78. The second-order valence-electron chi connectivity index (χ2n) is 4.64. The maximum Gasteiger partial charge on any atom is 0.329 e. The Morgan fingerprint density at radius 1 is 1.22 bits per heavy atom. The highest BCUT2D eigenvalue weighted by molar-refractivity contribution is 5.96. The molecule has 1 fully saturated rings. The quantitative estimate of drug-likeness (QED) is 0.406. The fourth-order valence-electron chi connectivity index (χ4n) is 2.10. The van der Waals surface area contributed by atoms with Gasteiger partial charge in [0.2, 0.25) is 0 Å². The summed E-state index contributed by atoms with van der Waals surface area (Å²) in [4.78, 5) is 23.1. The van der Waals surface area contributed by atoms with Gasteiger partial charge in [0.25, 0.3) is 5.91 Å². The molecule has 18 heavy (non-hydrogen) atoms. The van der Waals surface area contributed by atoms with Gasteiger partial charge in [0.15, 0.2) is 5.76 Å². The van der Waals surface area contributed by atoms with Crippen LogP contribution in [-0.4, -0.2) is 27.6 Å². The second kappa shape index (κ2) is 5.71. The summed E-state index contributed by atoms with van der Waals surface area (Å²) in [5, 5.41) is 21.4. The maximum absolute atomic E-state index is 11.8. The van der Waals surface area contributed by atoms with Crippen LogP contribution < -0.4 is 5.32 Å². The Kier molecular flexibility index (Phi) is 4.53. The van der Waals surface area contributed by atoms with Gasteiger partial charge in [0.05, 0.1) is 0 Å². The van der Waals surface area contributed by atoms with Crippen molar-refractivity contribution in [3.8, 4) is 0 Å². The number of amides is 1. The molecule has 100 valence electrons. The van der Waals surface area contributed by atoms with Crippen LogP contribution in [0.4, 0.5) is 0 Å². The molecule has 0 aliphatic heterocycles. The van der Waals surface area contributed by atoms with Gasteiger partial charge in [-0.2, -0.15) is 0 Å². The van der Waals surface area contributed by atoms with Crippen LogP contribution in [0.2, 0.25) is 0 Å². The van der Waals surface area contributed by atoms with Crippen molar-refractivity contribution < 1.29 is 19.8 Å². The van der Waals surface area contributed by atoms with Gasteiger partial charge in [0.1, 0.15) is 5.54 Å². The first kappa shape index (κ1) is 14.3. The van der Waals surface area contributed by atoms with Crippen molar-refractivity contribution in [3.63, 3.8) is 0 Å². The number of rotatable bonds is 4. The number of hydrogen-bond acceptors (Lipinski definition) is 3. The summed E-state index contributed by atoms with van der Waals surface area (Å²) in [7, 11) is 0. The normalized spacial score (nSPS) is 19.6. The van der Waals surface area contributed by atoms with Gasteiger partial charge in [0, 0.05) is 0 Å². The summed E-state index contributed by atoms with van der Waals surface area (Å²) in [5.41, 5.74) is -0.922. The number of hydrogen-bond donors (Lipinski definition) is 3. The number of carboxylic acid groups (broad SMARTS) is 1.